The molecule has 5 heteroatoms. The van der Waals surface area contributed by atoms with Gasteiger partial charge in [0.25, 0.3) is 0 Å². The second-order valence-corrected chi connectivity index (χ2v) is 6.27. The Bertz CT molecular complexity index is 554. The Morgan fingerprint density at radius 1 is 1.48 bits per heavy atom. The molecule has 114 valence electrons. The number of nitrogens with zero attached hydrogens (tertiary/aromatic N) is 3. The number of aryl methyl sites for hydroxylation is 1. The molecule has 1 aliphatic rings. The van der Waals surface area contributed by atoms with E-state index >= 15 is 0 Å². The van der Waals surface area contributed by atoms with Crippen LogP contribution in [0.3, 0.4) is 0 Å². The molecule has 2 heterocycles. The molecule has 1 aromatic rings. The largest absolute Gasteiger partial charge is 0.444 e. The first-order valence-electron chi connectivity index (χ1n) is 7.28. The highest BCUT2D eigenvalue weighted by atomic mass is 16.6. The molecule has 1 saturated heterocycles. The van der Waals surface area contributed by atoms with Crippen LogP contribution in [-0.2, 0) is 11.3 Å². The summed E-state index contributed by atoms with van der Waals surface area (Å²) in [5.74, 6) is 6.30. The number of aromatic nitrogens is 2. The molecule has 0 bridgehead atoms. The summed E-state index contributed by atoms with van der Waals surface area (Å²) in [4.78, 5) is 17.9. The summed E-state index contributed by atoms with van der Waals surface area (Å²) < 4.78 is 7.49. The van der Waals surface area contributed by atoms with E-state index in [9.17, 15) is 4.79 Å². The van der Waals surface area contributed by atoms with Gasteiger partial charge in [-0.3, -0.25) is 0 Å². The summed E-state index contributed by atoms with van der Waals surface area (Å²) in [6.45, 7) is 9.72. The van der Waals surface area contributed by atoms with Crippen LogP contribution < -0.4 is 0 Å². The lowest BCUT2D eigenvalue weighted by Gasteiger charge is -2.39. The Morgan fingerprint density at radius 2 is 2.19 bits per heavy atom. The number of carbonyl (C=O) groups is 1. The fourth-order valence-corrected chi connectivity index (χ4v) is 2.30. The fraction of sp³-hybridized carbons (Fsp3) is 0.625. The van der Waals surface area contributed by atoms with Crippen LogP contribution in [0.5, 0.6) is 0 Å². The van der Waals surface area contributed by atoms with E-state index in [1.54, 1.807) is 4.90 Å². The molecule has 21 heavy (non-hydrogen) atoms. The van der Waals surface area contributed by atoms with E-state index in [1.807, 2.05) is 40.2 Å². The molecule has 1 aromatic heterocycles. The highest BCUT2D eigenvalue weighted by Gasteiger charge is 2.35. The predicted octanol–water partition coefficient (Wildman–Crippen LogP) is 2.63. The van der Waals surface area contributed by atoms with Gasteiger partial charge in [-0.2, -0.15) is 0 Å². The minimum absolute atomic E-state index is 0.235. The quantitative estimate of drug-likeness (QED) is 0.804. The first kappa shape index (κ1) is 15.4. The van der Waals surface area contributed by atoms with Crippen molar-refractivity contribution in [3.05, 3.63) is 18.2 Å². The number of ether oxygens (including phenoxy) is 1. The van der Waals surface area contributed by atoms with Gasteiger partial charge >= 0.3 is 6.09 Å². The van der Waals surface area contributed by atoms with Gasteiger partial charge in [-0.15, -0.1) is 11.8 Å². The van der Waals surface area contributed by atoms with Crippen LogP contribution in [0.1, 0.15) is 45.7 Å². The van der Waals surface area contributed by atoms with Crippen LogP contribution in [0.25, 0.3) is 0 Å². The minimum atomic E-state index is -0.442. The Balaban J connectivity index is 1.88. The van der Waals surface area contributed by atoms with Crippen molar-refractivity contribution in [1.82, 2.24) is 14.5 Å². The summed E-state index contributed by atoms with van der Waals surface area (Å²) in [6, 6.07) is 0. The lowest BCUT2D eigenvalue weighted by atomic mass is 9.97. The van der Waals surface area contributed by atoms with Crippen molar-refractivity contribution in [2.45, 2.75) is 52.2 Å². The number of imidazole rings is 1. The molecule has 0 aliphatic carbocycles. The highest BCUT2D eigenvalue weighted by molar-refractivity contribution is 5.69. The molecule has 5 nitrogen and oxygen atoms in total. The normalized spacial score (nSPS) is 15.1. The Morgan fingerprint density at radius 3 is 2.81 bits per heavy atom. The second-order valence-electron chi connectivity index (χ2n) is 6.27. The lowest BCUT2D eigenvalue weighted by Crippen LogP contribution is -2.50. The lowest BCUT2D eigenvalue weighted by molar-refractivity contribution is 0.00759. The van der Waals surface area contributed by atoms with Gasteiger partial charge in [0.1, 0.15) is 5.60 Å². The zero-order chi connectivity index (χ0) is 15.5. The minimum Gasteiger partial charge on any atom is -0.444 e. The molecule has 0 radical (unpaired) electrons. The van der Waals surface area contributed by atoms with Gasteiger partial charge in [0.15, 0.2) is 0 Å². The van der Waals surface area contributed by atoms with Crippen LogP contribution in [0.4, 0.5) is 4.79 Å². The van der Waals surface area contributed by atoms with E-state index in [0.29, 0.717) is 19.0 Å². The van der Waals surface area contributed by atoms with E-state index in [4.69, 9.17) is 4.74 Å². The van der Waals surface area contributed by atoms with Crippen LogP contribution in [0, 0.1) is 11.8 Å². The monoisotopic (exact) mass is 289 g/mol. The average molecular weight is 289 g/mol. The van der Waals surface area contributed by atoms with Crippen molar-refractivity contribution in [2.24, 2.45) is 0 Å². The molecule has 0 N–H and O–H groups in total. The van der Waals surface area contributed by atoms with Crippen molar-refractivity contribution < 1.29 is 9.53 Å². The standard InChI is InChI=1S/C16H23N3O2/c1-5-6-7-8-18-12-17-9-14(18)13-10-19(11-13)15(20)21-16(2,3)4/h9,12-13H,7-8,10-11H2,1-4H3. The first-order chi connectivity index (χ1) is 9.90. The average Bonchev–Trinajstić information content (AvgIpc) is 2.73. The van der Waals surface area contributed by atoms with Crippen LogP contribution in [0.2, 0.25) is 0 Å². The van der Waals surface area contributed by atoms with E-state index in [1.165, 1.54) is 5.69 Å². The molecule has 1 fully saturated rings. The highest BCUT2D eigenvalue weighted by Crippen LogP contribution is 2.28. The van der Waals surface area contributed by atoms with Gasteiger partial charge in [0.2, 0.25) is 0 Å². The summed E-state index contributed by atoms with van der Waals surface area (Å²) >= 11 is 0. The summed E-state index contributed by atoms with van der Waals surface area (Å²) in [7, 11) is 0. The number of hydrogen-bond donors (Lipinski definition) is 0. The maximum Gasteiger partial charge on any atom is 0.410 e. The van der Waals surface area contributed by atoms with Crippen molar-refractivity contribution in [3.8, 4) is 11.8 Å². The molecule has 0 spiro atoms. The molecule has 1 aliphatic heterocycles. The zero-order valence-electron chi connectivity index (χ0n) is 13.2. The molecule has 0 unspecified atom stereocenters. The number of carbonyl (C=O) groups excluding carboxylic acids is 1. The maximum absolute atomic E-state index is 11.9. The Kier molecular flexibility index (Phi) is 4.56. The predicted molar refractivity (Wildman–Crippen MR) is 80.8 cm³/mol. The molecule has 0 aromatic carbocycles. The Labute approximate surface area is 126 Å². The zero-order valence-corrected chi connectivity index (χ0v) is 13.2. The number of likely N-dealkylation sites (tertiary alicyclic amines) is 1. The van der Waals surface area contributed by atoms with Gasteiger partial charge in [-0.25, -0.2) is 9.78 Å². The van der Waals surface area contributed by atoms with Crippen molar-refractivity contribution in [3.63, 3.8) is 0 Å². The van der Waals surface area contributed by atoms with E-state index in [2.05, 4.69) is 21.4 Å². The van der Waals surface area contributed by atoms with Crippen LogP contribution >= 0.6 is 0 Å². The van der Waals surface area contributed by atoms with E-state index < -0.39 is 5.60 Å². The number of hydrogen-bond acceptors (Lipinski definition) is 3. The second kappa shape index (κ2) is 6.21. The molecular weight excluding hydrogens is 266 g/mol. The van der Waals surface area contributed by atoms with Gasteiger partial charge in [0, 0.05) is 43.9 Å². The fourth-order valence-electron chi connectivity index (χ4n) is 2.30. The maximum atomic E-state index is 11.9. The van der Waals surface area contributed by atoms with Crippen molar-refractivity contribution >= 4 is 6.09 Å². The number of rotatable bonds is 3. The van der Waals surface area contributed by atoms with E-state index in [0.717, 1.165) is 13.0 Å². The Hall–Kier alpha value is -1.96. The molecule has 1 amide bonds. The third-order valence-corrected chi connectivity index (χ3v) is 3.35. The van der Waals surface area contributed by atoms with E-state index in [-0.39, 0.29) is 6.09 Å². The third-order valence-electron chi connectivity index (χ3n) is 3.35. The summed E-state index contributed by atoms with van der Waals surface area (Å²) in [5, 5.41) is 0. The number of amides is 1. The summed E-state index contributed by atoms with van der Waals surface area (Å²) in [5.41, 5.74) is 0.732. The summed E-state index contributed by atoms with van der Waals surface area (Å²) in [6.07, 6.45) is 4.31. The van der Waals surface area contributed by atoms with Crippen LogP contribution in [0.15, 0.2) is 12.5 Å². The molecular formula is C16H23N3O2. The third kappa shape index (κ3) is 4.01. The van der Waals surface area contributed by atoms with Gasteiger partial charge in [0.05, 0.1) is 6.33 Å². The molecule has 0 saturated carbocycles. The van der Waals surface area contributed by atoms with Gasteiger partial charge in [-0.1, -0.05) is 0 Å². The molecule has 2 rings (SSSR count). The van der Waals surface area contributed by atoms with Crippen molar-refractivity contribution in [2.75, 3.05) is 13.1 Å². The van der Waals surface area contributed by atoms with Gasteiger partial charge < -0.3 is 14.2 Å². The van der Waals surface area contributed by atoms with Gasteiger partial charge in [-0.05, 0) is 27.7 Å². The van der Waals surface area contributed by atoms with Crippen molar-refractivity contribution in [1.29, 1.82) is 0 Å². The topological polar surface area (TPSA) is 47.4 Å². The molecule has 0 atom stereocenters. The smallest absolute Gasteiger partial charge is 0.410 e. The first-order valence-corrected chi connectivity index (χ1v) is 7.28. The SMILES string of the molecule is CC#CCCn1cncc1C1CN(C(=O)OC(C)(C)C)C1. The van der Waals surface area contributed by atoms with Crippen LogP contribution in [-0.4, -0.2) is 39.2 Å².